The Bertz CT molecular complexity index is 2040. The van der Waals surface area contributed by atoms with Crippen LogP contribution in [0.4, 0.5) is 4.39 Å². The van der Waals surface area contributed by atoms with Gasteiger partial charge in [0, 0.05) is 63.1 Å². The second kappa shape index (κ2) is 14.4. The van der Waals surface area contributed by atoms with Crippen molar-refractivity contribution in [1.29, 1.82) is 0 Å². The summed E-state index contributed by atoms with van der Waals surface area (Å²) in [6.45, 7) is 1.50. The zero-order valence-corrected chi connectivity index (χ0v) is 27.2. The van der Waals surface area contributed by atoms with Gasteiger partial charge >= 0.3 is 5.97 Å². The summed E-state index contributed by atoms with van der Waals surface area (Å²) in [7, 11) is 0. The Morgan fingerprint density at radius 3 is 2.46 bits per heavy atom. The van der Waals surface area contributed by atoms with Crippen LogP contribution in [0.1, 0.15) is 28.1 Å². The van der Waals surface area contributed by atoms with Gasteiger partial charge in [-0.25, -0.2) is 4.39 Å². The molecule has 0 atom stereocenters. The summed E-state index contributed by atoms with van der Waals surface area (Å²) in [6, 6.07) is 32.5. The fourth-order valence-corrected chi connectivity index (χ4v) is 7.63. The van der Waals surface area contributed by atoms with Crippen molar-refractivity contribution in [3.63, 3.8) is 0 Å². The Kier molecular flexibility index (Phi) is 9.43. The van der Waals surface area contributed by atoms with Gasteiger partial charge in [-0.3, -0.25) is 9.78 Å². The van der Waals surface area contributed by atoms with E-state index in [0.29, 0.717) is 30.9 Å². The minimum atomic E-state index is -0.890. The third-order valence-corrected chi connectivity index (χ3v) is 9.84. The highest BCUT2D eigenvalue weighted by atomic mass is 32.2. The number of pyridine rings is 1. The lowest BCUT2D eigenvalue weighted by atomic mass is 10.1. The summed E-state index contributed by atoms with van der Waals surface area (Å²) >= 11 is 1.86. The molecule has 4 aromatic carbocycles. The maximum absolute atomic E-state index is 13.6. The number of nitrogens with zero attached hydrogens (tertiary/aromatic N) is 2. The van der Waals surface area contributed by atoms with Crippen molar-refractivity contribution in [1.82, 2.24) is 9.55 Å². The smallest absolute Gasteiger partial charge is 0.307 e. The van der Waals surface area contributed by atoms with Crippen LogP contribution >= 0.6 is 11.8 Å². The summed E-state index contributed by atoms with van der Waals surface area (Å²) in [6.07, 6.45) is 4.10. The van der Waals surface area contributed by atoms with E-state index in [1.807, 2.05) is 72.6 Å². The van der Waals surface area contributed by atoms with E-state index >= 15 is 0 Å². The van der Waals surface area contributed by atoms with Crippen molar-refractivity contribution in [3.8, 4) is 22.6 Å². The number of carboxylic acids is 1. The van der Waals surface area contributed by atoms with Gasteiger partial charge in [0.15, 0.2) is 0 Å². The van der Waals surface area contributed by atoms with Gasteiger partial charge in [-0.15, -0.1) is 11.8 Å². The third kappa shape index (κ3) is 6.94. The zero-order valence-electron chi connectivity index (χ0n) is 26.4. The van der Waals surface area contributed by atoms with Crippen molar-refractivity contribution in [2.24, 2.45) is 0 Å². The van der Waals surface area contributed by atoms with Crippen LogP contribution < -0.4 is 9.47 Å². The first-order chi connectivity index (χ1) is 23.5. The standard InChI is InChI=1S/C40H35FN2O4S/c41-31-13-10-27(11-14-31)18-21-43-34-16-17-37(47-26-32-15-12-30(25-42-32)28-6-2-1-3-7-28)33-20-23-48-40(39(33)34)35(43)19-22-46-36-9-5-4-8-29(36)24-38(44)45/h1-17,25H,18-24,26H2,(H,44,45). The molecule has 8 heteroatoms. The van der Waals surface area contributed by atoms with E-state index in [0.717, 1.165) is 58.8 Å². The number of aromatic nitrogens is 2. The minimum absolute atomic E-state index is 0.0893. The molecule has 6 aromatic rings. The van der Waals surface area contributed by atoms with Crippen LogP contribution in [0.5, 0.6) is 11.5 Å². The molecule has 48 heavy (non-hydrogen) atoms. The van der Waals surface area contributed by atoms with Crippen LogP contribution in [0.25, 0.3) is 22.0 Å². The summed E-state index contributed by atoms with van der Waals surface area (Å²) < 4.78 is 28.6. The van der Waals surface area contributed by atoms with Gasteiger partial charge in [-0.2, -0.15) is 0 Å². The predicted molar refractivity (Wildman–Crippen MR) is 187 cm³/mol. The highest BCUT2D eigenvalue weighted by Crippen LogP contribution is 2.44. The third-order valence-electron chi connectivity index (χ3n) is 8.71. The number of aryl methyl sites for hydroxylation is 3. The molecule has 1 N–H and O–H groups in total. The molecule has 2 aromatic heterocycles. The van der Waals surface area contributed by atoms with Gasteiger partial charge in [0.25, 0.3) is 0 Å². The summed E-state index contributed by atoms with van der Waals surface area (Å²) in [5.41, 5.74) is 8.33. The SMILES string of the molecule is O=C(O)Cc1ccccc1OCCc1c2c3c(c(OCc4ccc(-c5ccccc5)cn4)ccc3n1CCc1ccc(F)cc1)CCS2. The van der Waals surface area contributed by atoms with Crippen molar-refractivity contribution in [2.75, 3.05) is 12.4 Å². The quantitative estimate of drug-likeness (QED) is 0.134. The van der Waals surface area contributed by atoms with E-state index in [2.05, 4.69) is 39.9 Å². The Labute approximate surface area is 283 Å². The van der Waals surface area contributed by atoms with Gasteiger partial charge in [0.05, 0.1) is 18.7 Å². The zero-order chi connectivity index (χ0) is 32.9. The first kappa shape index (κ1) is 31.5. The number of carbonyl (C=O) groups is 1. The molecule has 0 saturated carbocycles. The van der Waals surface area contributed by atoms with E-state index in [1.165, 1.54) is 33.7 Å². The van der Waals surface area contributed by atoms with Crippen LogP contribution in [-0.2, 0) is 43.6 Å². The molecule has 3 heterocycles. The molecule has 0 aliphatic carbocycles. The molecule has 0 amide bonds. The number of carboxylic acid groups (broad SMARTS) is 1. The second-order valence-corrected chi connectivity index (χ2v) is 12.9. The van der Waals surface area contributed by atoms with Gasteiger partial charge < -0.3 is 19.1 Å². The first-order valence-electron chi connectivity index (χ1n) is 16.1. The van der Waals surface area contributed by atoms with Crippen LogP contribution in [0.15, 0.2) is 114 Å². The van der Waals surface area contributed by atoms with Crippen molar-refractivity contribution < 1.29 is 23.8 Å². The van der Waals surface area contributed by atoms with E-state index in [1.54, 1.807) is 6.07 Å². The molecule has 0 bridgehead atoms. The lowest BCUT2D eigenvalue weighted by molar-refractivity contribution is -0.136. The molecule has 0 saturated heterocycles. The molecule has 1 aliphatic heterocycles. The monoisotopic (exact) mass is 658 g/mol. The molecule has 242 valence electrons. The first-order valence-corrected chi connectivity index (χ1v) is 17.1. The maximum atomic E-state index is 13.6. The van der Waals surface area contributed by atoms with Crippen LogP contribution in [0.2, 0.25) is 0 Å². The normalized spacial score (nSPS) is 12.3. The number of para-hydroxylation sites is 1. The maximum Gasteiger partial charge on any atom is 0.307 e. The predicted octanol–water partition coefficient (Wildman–Crippen LogP) is 8.56. The topological polar surface area (TPSA) is 73.6 Å². The Balaban J connectivity index is 1.16. The number of thioether (sulfide) groups is 1. The van der Waals surface area contributed by atoms with Crippen molar-refractivity contribution in [2.45, 2.75) is 43.7 Å². The van der Waals surface area contributed by atoms with Gasteiger partial charge in [0.1, 0.15) is 23.9 Å². The number of hydrogen-bond donors (Lipinski definition) is 1. The van der Waals surface area contributed by atoms with Crippen molar-refractivity contribution >= 4 is 28.6 Å². The van der Waals surface area contributed by atoms with Gasteiger partial charge in [-0.05, 0) is 60.4 Å². The average molecular weight is 659 g/mol. The molecular weight excluding hydrogens is 624 g/mol. The highest BCUT2D eigenvalue weighted by molar-refractivity contribution is 7.99. The summed E-state index contributed by atoms with van der Waals surface area (Å²) in [4.78, 5) is 17.3. The molecule has 1 aliphatic rings. The molecule has 0 spiro atoms. The van der Waals surface area contributed by atoms with E-state index in [4.69, 9.17) is 9.47 Å². The number of rotatable bonds is 13. The molecular formula is C40H35FN2O4S. The van der Waals surface area contributed by atoms with Crippen LogP contribution in [0, 0.1) is 5.82 Å². The van der Waals surface area contributed by atoms with E-state index in [-0.39, 0.29) is 12.2 Å². The Morgan fingerprint density at radius 1 is 0.854 bits per heavy atom. The van der Waals surface area contributed by atoms with Gasteiger partial charge in [-0.1, -0.05) is 66.7 Å². The summed E-state index contributed by atoms with van der Waals surface area (Å²) in [5, 5.41) is 10.6. The Morgan fingerprint density at radius 2 is 1.67 bits per heavy atom. The fraction of sp³-hybridized carbons (Fsp3) is 0.200. The van der Waals surface area contributed by atoms with Gasteiger partial charge in [0.2, 0.25) is 0 Å². The lowest BCUT2D eigenvalue weighted by Gasteiger charge is -2.17. The molecule has 0 fully saturated rings. The van der Waals surface area contributed by atoms with E-state index in [9.17, 15) is 14.3 Å². The second-order valence-electron chi connectivity index (χ2n) is 11.8. The number of hydrogen-bond acceptors (Lipinski definition) is 5. The highest BCUT2D eigenvalue weighted by Gasteiger charge is 2.26. The fourth-order valence-electron chi connectivity index (χ4n) is 6.37. The molecule has 0 unspecified atom stereocenters. The number of ether oxygens (including phenoxy) is 2. The molecule has 0 radical (unpaired) electrons. The lowest BCUT2D eigenvalue weighted by Crippen LogP contribution is -2.11. The van der Waals surface area contributed by atoms with Crippen LogP contribution in [0.3, 0.4) is 0 Å². The van der Waals surface area contributed by atoms with Crippen molar-refractivity contribution in [3.05, 3.63) is 143 Å². The molecule has 7 rings (SSSR count). The number of aliphatic carboxylic acids is 1. The number of benzene rings is 4. The van der Waals surface area contributed by atoms with E-state index < -0.39 is 5.97 Å². The largest absolute Gasteiger partial charge is 0.493 e. The number of halogens is 1. The Hall–Kier alpha value is -5.08. The minimum Gasteiger partial charge on any atom is -0.493 e. The average Bonchev–Trinajstić information content (AvgIpc) is 3.42. The molecule has 6 nitrogen and oxygen atoms in total. The van der Waals surface area contributed by atoms with Crippen LogP contribution in [-0.4, -0.2) is 33.0 Å². The summed E-state index contributed by atoms with van der Waals surface area (Å²) in [5.74, 6) is 1.27.